The molecule has 0 saturated carbocycles. The molecule has 0 aliphatic rings. The van der Waals surface area contributed by atoms with Gasteiger partial charge in [-0.2, -0.15) is 0 Å². The Labute approximate surface area is 668 Å². The van der Waals surface area contributed by atoms with Crippen LogP contribution < -0.4 is 0 Å². The smallest absolute Gasteiger partial charge is 0.462 e. The number of esters is 4. The zero-order valence-corrected chi connectivity index (χ0v) is 70.7. The van der Waals surface area contributed by atoms with Gasteiger partial charge in [0.05, 0.1) is 26.4 Å². The van der Waals surface area contributed by atoms with E-state index in [4.69, 9.17) is 37.0 Å². The highest BCUT2D eigenvalue weighted by Gasteiger charge is 2.30. The van der Waals surface area contributed by atoms with Gasteiger partial charge in [-0.1, -0.05) is 295 Å². The van der Waals surface area contributed by atoms with Crippen LogP contribution in [-0.2, 0) is 65.4 Å². The molecule has 0 aliphatic heterocycles. The topological polar surface area (TPSA) is 237 Å². The number of carbonyl (C=O) groups excluding carboxylic acids is 4. The molecule has 0 aliphatic carbocycles. The lowest BCUT2D eigenvalue weighted by molar-refractivity contribution is -0.161. The minimum atomic E-state index is -5.00. The van der Waals surface area contributed by atoms with Crippen molar-refractivity contribution in [2.75, 3.05) is 39.6 Å². The van der Waals surface area contributed by atoms with E-state index in [1.54, 1.807) is 0 Å². The van der Waals surface area contributed by atoms with Gasteiger partial charge in [-0.05, 0) is 173 Å². The lowest BCUT2D eigenvalue weighted by atomic mass is 10.1. The van der Waals surface area contributed by atoms with E-state index < -0.39 is 97.5 Å². The van der Waals surface area contributed by atoms with Crippen LogP contribution in [0.1, 0.15) is 336 Å². The molecule has 0 fully saturated rings. The van der Waals surface area contributed by atoms with E-state index in [2.05, 4.69) is 186 Å². The molecule has 0 saturated heterocycles. The van der Waals surface area contributed by atoms with Crippen molar-refractivity contribution in [2.24, 2.45) is 0 Å². The Morgan fingerprint density at radius 3 is 0.764 bits per heavy atom. The zero-order valence-electron chi connectivity index (χ0n) is 68.9. The summed E-state index contributed by atoms with van der Waals surface area (Å²) in [5.74, 6) is -2.25. The van der Waals surface area contributed by atoms with Crippen molar-refractivity contribution in [1.29, 1.82) is 0 Å². The molecule has 0 heterocycles. The molecule has 0 radical (unpaired) electrons. The maximum atomic E-state index is 13.1. The monoisotopic (exact) mass is 1580 g/mol. The van der Waals surface area contributed by atoms with Gasteiger partial charge in [-0.3, -0.25) is 37.3 Å². The maximum absolute atomic E-state index is 13.1. The van der Waals surface area contributed by atoms with Crippen molar-refractivity contribution < 1.29 is 80.2 Å². The first-order valence-electron chi connectivity index (χ1n) is 42.7. The van der Waals surface area contributed by atoms with Crippen LogP contribution in [0.3, 0.4) is 0 Å². The fraction of sp³-hybridized carbons (Fsp3) is 0.670. The highest BCUT2D eigenvalue weighted by molar-refractivity contribution is 7.47. The fourth-order valence-electron chi connectivity index (χ4n) is 11.0. The van der Waals surface area contributed by atoms with E-state index >= 15 is 0 Å². The number of aliphatic hydroxyl groups is 1. The van der Waals surface area contributed by atoms with E-state index in [9.17, 15) is 43.2 Å². The summed E-state index contributed by atoms with van der Waals surface area (Å²) in [6, 6.07) is 0. The number of hydrogen-bond donors (Lipinski definition) is 3. The average molecular weight is 1580 g/mol. The lowest BCUT2D eigenvalue weighted by Crippen LogP contribution is -2.30. The van der Waals surface area contributed by atoms with Crippen LogP contribution in [0, 0.1) is 0 Å². The minimum Gasteiger partial charge on any atom is -0.462 e. The molecule has 0 amide bonds. The Balaban J connectivity index is 5.43. The second-order valence-electron chi connectivity index (χ2n) is 28.0. The Morgan fingerprint density at radius 1 is 0.264 bits per heavy atom. The molecule has 0 aromatic carbocycles. The van der Waals surface area contributed by atoms with Crippen LogP contribution in [-0.4, -0.2) is 96.7 Å². The van der Waals surface area contributed by atoms with Crippen LogP contribution in [0.15, 0.2) is 158 Å². The zero-order chi connectivity index (χ0) is 80.3. The second kappa shape index (κ2) is 81.7. The van der Waals surface area contributed by atoms with Crippen molar-refractivity contribution >= 4 is 39.5 Å². The largest absolute Gasteiger partial charge is 0.472 e. The maximum Gasteiger partial charge on any atom is 0.472 e. The highest BCUT2D eigenvalue weighted by Crippen LogP contribution is 2.45. The van der Waals surface area contributed by atoms with Gasteiger partial charge in [0.15, 0.2) is 12.2 Å². The Kier molecular flexibility index (Phi) is 77.7. The molecule has 110 heavy (non-hydrogen) atoms. The number of phosphoric acid groups is 2. The average Bonchev–Trinajstić information content (AvgIpc) is 0.900. The molecule has 5 unspecified atom stereocenters. The van der Waals surface area contributed by atoms with Gasteiger partial charge >= 0.3 is 39.5 Å². The molecule has 0 aromatic heterocycles. The standard InChI is InChI=1S/C91H152O17P2/c1-5-9-13-17-21-25-29-33-36-39-42-45-48-52-55-59-63-67-71-75-88(93)101-81-86(107-90(95)77-73-69-65-61-57-51-32-28-24-20-16-12-8-4)83-105-109(97,98)103-79-85(92)80-104-110(99,100)106-84-87(108-91(96)78-74-70-66-62-58-54-50-47-44-41-38-35-31-27-23-19-15-11-7-3)82-102-89(94)76-72-68-64-60-56-53-49-46-43-40-37-34-30-26-22-18-14-10-6-2/h10-11,14-15,21-23,25-28,32-38,42-47,53,56,85-87,92H,5-9,12-13,16-20,24,29-31,39-41,48-52,54-55,57-84H2,1-4H3,(H,97,98)(H,99,100)/b14-10-,15-11-,25-21-,26-22-,27-23-,32-28-,36-33-,37-34-,38-35-,45-42-,46-43-,47-44-,56-53-. The van der Waals surface area contributed by atoms with E-state index in [1.807, 2.05) is 0 Å². The third-order valence-electron chi connectivity index (χ3n) is 17.5. The summed E-state index contributed by atoms with van der Waals surface area (Å²) >= 11 is 0. The third-order valence-corrected chi connectivity index (χ3v) is 19.4. The van der Waals surface area contributed by atoms with Crippen molar-refractivity contribution in [3.05, 3.63) is 158 Å². The van der Waals surface area contributed by atoms with Crippen molar-refractivity contribution in [2.45, 2.75) is 354 Å². The van der Waals surface area contributed by atoms with Crippen LogP contribution in [0.5, 0.6) is 0 Å². The SMILES string of the molecule is CC/C=C\C/C=C\C/C=C\C/C=C\C/C=C\CCCCCC(=O)OCC(COP(=O)(O)OCC(O)COP(=O)(O)OCC(COC(=O)CCCCCCCC/C=C\C/C=C\C/C=C\CCCCC)OC(=O)CCCCCCC/C=C\CCCCCC)OC(=O)CCCCCCCC/C=C\C/C=C\C/C=C\C/C=C\CC. The summed E-state index contributed by atoms with van der Waals surface area (Å²) < 4.78 is 68.8. The van der Waals surface area contributed by atoms with Gasteiger partial charge in [0.25, 0.3) is 0 Å². The van der Waals surface area contributed by atoms with E-state index in [0.717, 1.165) is 212 Å². The van der Waals surface area contributed by atoms with Gasteiger partial charge in [0.1, 0.15) is 19.3 Å². The predicted octanol–water partition coefficient (Wildman–Crippen LogP) is 25.6. The number of ether oxygens (including phenoxy) is 4. The number of rotatable bonds is 79. The normalized spacial score (nSPS) is 14.6. The number of phosphoric ester groups is 2. The second-order valence-corrected chi connectivity index (χ2v) is 30.9. The number of allylic oxidation sites excluding steroid dienone is 26. The molecular weight excluding hydrogens is 1430 g/mol. The summed E-state index contributed by atoms with van der Waals surface area (Å²) in [7, 11) is -10.00. The Bertz CT molecular complexity index is 2700. The van der Waals surface area contributed by atoms with Gasteiger partial charge in [0.2, 0.25) is 0 Å². The van der Waals surface area contributed by atoms with E-state index in [-0.39, 0.29) is 25.7 Å². The Hall–Kier alpha value is -5.32. The summed E-state index contributed by atoms with van der Waals surface area (Å²) in [5, 5.41) is 10.7. The molecular formula is C91H152O17P2. The predicted molar refractivity (Wildman–Crippen MR) is 454 cm³/mol. The van der Waals surface area contributed by atoms with Crippen molar-refractivity contribution in [3.8, 4) is 0 Å². The first-order valence-corrected chi connectivity index (χ1v) is 45.7. The molecule has 19 heteroatoms. The lowest BCUT2D eigenvalue weighted by Gasteiger charge is -2.21. The molecule has 0 spiro atoms. The summed E-state index contributed by atoms with van der Waals surface area (Å²) in [4.78, 5) is 73.3. The molecule has 0 aromatic rings. The fourth-order valence-corrected chi connectivity index (χ4v) is 12.6. The molecule has 3 N–H and O–H groups in total. The molecule has 0 bridgehead atoms. The highest BCUT2D eigenvalue weighted by atomic mass is 31.2. The number of aliphatic hydroxyl groups excluding tert-OH is 1. The van der Waals surface area contributed by atoms with Gasteiger partial charge in [-0.25, -0.2) is 9.13 Å². The quantitative estimate of drug-likeness (QED) is 0.0169. The molecule has 5 atom stereocenters. The van der Waals surface area contributed by atoms with Crippen molar-refractivity contribution in [1.82, 2.24) is 0 Å². The molecule has 628 valence electrons. The molecule has 17 nitrogen and oxygen atoms in total. The van der Waals surface area contributed by atoms with Crippen LogP contribution in [0.2, 0.25) is 0 Å². The summed E-state index contributed by atoms with van der Waals surface area (Å²) in [6.07, 6.45) is 96.3. The van der Waals surface area contributed by atoms with Crippen LogP contribution >= 0.6 is 15.6 Å². The first kappa shape index (κ1) is 105. The summed E-state index contributed by atoms with van der Waals surface area (Å²) in [6.45, 7) is 4.55. The van der Waals surface area contributed by atoms with E-state index in [0.29, 0.717) is 25.7 Å². The number of carbonyl (C=O) groups is 4. The van der Waals surface area contributed by atoms with E-state index in [1.165, 1.54) is 44.9 Å². The minimum absolute atomic E-state index is 0.0656. The van der Waals surface area contributed by atoms with Gasteiger partial charge < -0.3 is 33.8 Å². The molecule has 0 rings (SSSR count). The van der Waals surface area contributed by atoms with Crippen molar-refractivity contribution in [3.63, 3.8) is 0 Å². The number of hydrogen-bond acceptors (Lipinski definition) is 15. The van der Waals surface area contributed by atoms with Crippen LogP contribution in [0.4, 0.5) is 0 Å². The van der Waals surface area contributed by atoms with Gasteiger partial charge in [-0.15, -0.1) is 0 Å². The first-order chi connectivity index (χ1) is 53.7. The number of unbranched alkanes of at least 4 members (excludes halogenated alkanes) is 27. The van der Waals surface area contributed by atoms with Crippen LogP contribution in [0.25, 0.3) is 0 Å². The summed E-state index contributed by atoms with van der Waals surface area (Å²) in [5.41, 5.74) is 0. The van der Waals surface area contributed by atoms with Gasteiger partial charge in [0, 0.05) is 25.7 Å². The Morgan fingerprint density at radius 2 is 0.473 bits per heavy atom. The third kappa shape index (κ3) is 80.7.